The van der Waals surface area contributed by atoms with Crippen LogP contribution in [0.3, 0.4) is 0 Å². The molecule has 152 valence electrons. The quantitative estimate of drug-likeness (QED) is 0.337. The standard InChI is InChI=1S/C22H15Cl2FN2O3/c1-2-29-22(28)19-20(24)18(10-14(12-26)13-6-8-16(25)9-7-13)30-21(19)27-17-5-3-4-15(23)11-17/h3-11,27H,2H2,1H3/b14-10+. The van der Waals surface area contributed by atoms with Gasteiger partial charge in [0.2, 0.25) is 5.88 Å². The van der Waals surface area contributed by atoms with E-state index in [1.807, 2.05) is 6.07 Å². The van der Waals surface area contributed by atoms with Gasteiger partial charge in [0.05, 0.1) is 18.2 Å². The summed E-state index contributed by atoms with van der Waals surface area (Å²) in [6, 6.07) is 14.2. The molecule has 0 bridgehead atoms. The molecule has 1 N–H and O–H groups in total. The van der Waals surface area contributed by atoms with Crippen LogP contribution in [0.25, 0.3) is 11.6 Å². The molecule has 0 spiro atoms. The van der Waals surface area contributed by atoms with Gasteiger partial charge < -0.3 is 14.5 Å². The van der Waals surface area contributed by atoms with E-state index in [1.54, 1.807) is 31.2 Å². The summed E-state index contributed by atoms with van der Waals surface area (Å²) < 4.78 is 24.0. The molecule has 1 heterocycles. The summed E-state index contributed by atoms with van der Waals surface area (Å²) in [4.78, 5) is 12.5. The maximum Gasteiger partial charge on any atom is 0.345 e. The van der Waals surface area contributed by atoms with Crippen LogP contribution < -0.4 is 5.32 Å². The number of nitrogens with one attached hydrogen (secondary N) is 1. The van der Waals surface area contributed by atoms with E-state index >= 15 is 0 Å². The summed E-state index contributed by atoms with van der Waals surface area (Å²) in [5.74, 6) is -0.992. The summed E-state index contributed by atoms with van der Waals surface area (Å²) in [6.45, 7) is 1.81. The van der Waals surface area contributed by atoms with Crippen LogP contribution in [0, 0.1) is 17.1 Å². The van der Waals surface area contributed by atoms with Gasteiger partial charge in [0.15, 0.2) is 0 Å². The molecule has 3 rings (SSSR count). The monoisotopic (exact) mass is 444 g/mol. The van der Waals surface area contributed by atoms with Gasteiger partial charge in [-0.2, -0.15) is 5.26 Å². The highest BCUT2D eigenvalue weighted by molar-refractivity contribution is 6.36. The number of carbonyl (C=O) groups excluding carboxylic acids is 1. The number of nitrogens with zero attached hydrogens (tertiary/aromatic N) is 1. The van der Waals surface area contributed by atoms with Gasteiger partial charge in [0, 0.05) is 16.8 Å². The molecular formula is C22H15Cl2FN2O3. The minimum Gasteiger partial charge on any atom is -0.462 e. The minimum absolute atomic E-state index is 0.0128. The van der Waals surface area contributed by atoms with Crippen LogP contribution in [0.2, 0.25) is 10.0 Å². The molecule has 8 heteroatoms. The number of anilines is 2. The molecule has 2 aromatic carbocycles. The number of halogens is 3. The van der Waals surface area contributed by atoms with Crippen LogP contribution in [-0.4, -0.2) is 12.6 Å². The Bertz CT molecular complexity index is 1150. The molecule has 0 saturated heterocycles. The molecule has 0 saturated carbocycles. The van der Waals surface area contributed by atoms with Gasteiger partial charge in [-0.15, -0.1) is 0 Å². The summed E-state index contributed by atoms with van der Waals surface area (Å²) in [5.41, 5.74) is 1.19. The molecule has 5 nitrogen and oxygen atoms in total. The van der Waals surface area contributed by atoms with E-state index < -0.39 is 11.8 Å². The summed E-state index contributed by atoms with van der Waals surface area (Å²) in [7, 11) is 0. The largest absolute Gasteiger partial charge is 0.462 e. The number of hydrogen-bond donors (Lipinski definition) is 1. The van der Waals surface area contributed by atoms with Gasteiger partial charge >= 0.3 is 5.97 Å². The topological polar surface area (TPSA) is 75.3 Å². The van der Waals surface area contributed by atoms with Gasteiger partial charge in [-0.1, -0.05) is 41.4 Å². The van der Waals surface area contributed by atoms with E-state index in [9.17, 15) is 14.4 Å². The molecule has 0 unspecified atom stereocenters. The Balaban J connectivity index is 2.07. The van der Waals surface area contributed by atoms with Crippen LogP contribution in [0.4, 0.5) is 16.0 Å². The van der Waals surface area contributed by atoms with E-state index in [-0.39, 0.29) is 34.4 Å². The first-order valence-electron chi connectivity index (χ1n) is 8.82. The predicted octanol–water partition coefficient (Wildman–Crippen LogP) is 6.71. The zero-order chi connectivity index (χ0) is 21.7. The van der Waals surface area contributed by atoms with Crippen LogP contribution in [0.15, 0.2) is 52.9 Å². The number of ether oxygens (including phenoxy) is 1. The van der Waals surface area contributed by atoms with E-state index in [1.165, 1.54) is 30.3 Å². The fourth-order valence-electron chi connectivity index (χ4n) is 2.63. The molecular weight excluding hydrogens is 430 g/mol. The van der Waals surface area contributed by atoms with Crippen molar-refractivity contribution in [3.05, 3.63) is 81.3 Å². The first-order valence-corrected chi connectivity index (χ1v) is 9.58. The number of allylic oxidation sites excluding steroid dienone is 1. The van der Waals surface area contributed by atoms with Crippen molar-refractivity contribution >= 4 is 52.4 Å². The van der Waals surface area contributed by atoms with Crippen LogP contribution in [0.5, 0.6) is 0 Å². The second-order valence-corrected chi connectivity index (χ2v) is 6.83. The predicted molar refractivity (Wildman–Crippen MR) is 114 cm³/mol. The molecule has 1 aromatic heterocycles. The van der Waals surface area contributed by atoms with Gasteiger partial charge in [-0.05, 0) is 42.8 Å². The van der Waals surface area contributed by atoms with Crippen molar-refractivity contribution in [3.63, 3.8) is 0 Å². The summed E-state index contributed by atoms with van der Waals surface area (Å²) in [5, 5.41) is 12.9. The van der Waals surface area contributed by atoms with Crippen molar-refractivity contribution in [2.75, 3.05) is 11.9 Å². The fraction of sp³-hybridized carbons (Fsp3) is 0.0909. The Morgan fingerprint density at radius 3 is 2.63 bits per heavy atom. The Morgan fingerprint density at radius 2 is 2.00 bits per heavy atom. The smallest absolute Gasteiger partial charge is 0.345 e. The fourth-order valence-corrected chi connectivity index (χ4v) is 3.08. The highest BCUT2D eigenvalue weighted by Crippen LogP contribution is 2.36. The Kier molecular flexibility index (Phi) is 6.78. The number of esters is 1. The lowest BCUT2D eigenvalue weighted by atomic mass is 10.1. The molecule has 0 amide bonds. The number of rotatable bonds is 6. The van der Waals surface area contributed by atoms with Crippen molar-refractivity contribution in [2.45, 2.75) is 6.92 Å². The molecule has 0 fully saturated rings. The second-order valence-electron chi connectivity index (χ2n) is 6.02. The summed E-state index contributed by atoms with van der Waals surface area (Å²) in [6.07, 6.45) is 1.38. The van der Waals surface area contributed by atoms with Crippen molar-refractivity contribution in [2.24, 2.45) is 0 Å². The van der Waals surface area contributed by atoms with Gasteiger partial charge in [0.25, 0.3) is 0 Å². The summed E-state index contributed by atoms with van der Waals surface area (Å²) >= 11 is 12.4. The zero-order valence-electron chi connectivity index (χ0n) is 15.7. The van der Waals surface area contributed by atoms with E-state index in [0.29, 0.717) is 16.3 Å². The number of carbonyl (C=O) groups is 1. The van der Waals surface area contributed by atoms with Crippen molar-refractivity contribution in [1.29, 1.82) is 5.26 Å². The number of benzene rings is 2. The zero-order valence-corrected chi connectivity index (χ0v) is 17.2. The Morgan fingerprint density at radius 1 is 1.27 bits per heavy atom. The average molecular weight is 445 g/mol. The van der Waals surface area contributed by atoms with Crippen molar-refractivity contribution in [3.8, 4) is 6.07 Å². The molecule has 0 atom stereocenters. The molecule has 3 aromatic rings. The highest BCUT2D eigenvalue weighted by Gasteiger charge is 2.26. The lowest BCUT2D eigenvalue weighted by Crippen LogP contribution is -2.06. The number of furan rings is 1. The second kappa shape index (κ2) is 9.49. The maximum absolute atomic E-state index is 13.2. The Hall–Kier alpha value is -3.27. The SMILES string of the molecule is CCOC(=O)c1c(Nc2cccc(Cl)c2)oc(/C=C(\C#N)c2ccc(F)cc2)c1Cl. The maximum atomic E-state index is 13.2. The molecule has 0 aliphatic heterocycles. The third-order valence-corrected chi connectivity index (χ3v) is 4.60. The van der Waals surface area contributed by atoms with Crippen molar-refractivity contribution < 1.29 is 18.3 Å². The van der Waals surface area contributed by atoms with E-state index in [0.717, 1.165) is 0 Å². The number of nitriles is 1. The van der Waals surface area contributed by atoms with E-state index in [2.05, 4.69) is 5.32 Å². The Labute approximate surface area is 182 Å². The first-order chi connectivity index (χ1) is 14.4. The lowest BCUT2D eigenvalue weighted by molar-refractivity contribution is 0.0527. The third-order valence-electron chi connectivity index (χ3n) is 3.99. The molecule has 30 heavy (non-hydrogen) atoms. The molecule has 0 aliphatic carbocycles. The normalized spacial score (nSPS) is 11.1. The van der Waals surface area contributed by atoms with Crippen molar-refractivity contribution in [1.82, 2.24) is 0 Å². The van der Waals surface area contributed by atoms with Gasteiger partial charge in [-0.3, -0.25) is 0 Å². The number of hydrogen-bond acceptors (Lipinski definition) is 5. The molecule has 0 radical (unpaired) electrons. The van der Waals surface area contributed by atoms with Gasteiger partial charge in [0.1, 0.15) is 22.2 Å². The lowest BCUT2D eigenvalue weighted by Gasteiger charge is -2.06. The van der Waals surface area contributed by atoms with Crippen LogP contribution >= 0.6 is 23.2 Å². The molecule has 0 aliphatic rings. The van der Waals surface area contributed by atoms with E-state index in [4.69, 9.17) is 32.4 Å². The van der Waals surface area contributed by atoms with Crippen LogP contribution in [0.1, 0.15) is 28.6 Å². The average Bonchev–Trinajstić information content (AvgIpc) is 3.02. The minimum atomic E-state index is -0.685. The van der Waals surface area contributed by atoms with Crippen LogP contribution in [-0.2, 0) is 4.74 Å². The third kappa shape index (κ3) is 4.82. The highest BCUT2D eigenvalue weighted by atomic mass is 35.5. The van der Waals surface area contributed by atoms with Gasteiger partial charge in [-0.25, -0.2) is 9.18 Å². The first kappa shape index (κ1) is 21.4.